The minimum atomic E-state index is -0.841. The van der Waals surface area contributed by atoms with Gasteiger partial charge >= 0.3 is 17.9 Å². The molecule has 0 saturated heterocycles. The number of carbonyl (C=O) groups excluding carboxylic acids is 3. The molecule has 0 aliphatic rings. The van der Waals surface area contributed by atoms with Crippen LogP contribution >= 0.6 is 0 Å². The van der Waals surface area contributed by atoms with E-state index in [9.17, 15) is 14.4 Å². The van der Waals surface area contributed by atoms with E-state index in [4.69, 9.17) is 14.2 Å². The van der Waals surface area contributed by atoms with Gasteiger partial charge in [-0.3, -0.25) is 14.4 Å². The maximum atomic E-state index is 12.7. The van der Waals surface area contributed by atoms with Crippen LogP contribution in [0, 0.1) is 0 Å². The van der Waals surface area contributed by atoms with Crippen LogP contribution in [0.1, 0.15) is 226 Å². The molecule has 6 heteroatoms. The summed E-state index contributed by atoms with van der Waals surface area (Å²) in [5, 5.41) is 0. The Kier molecular flexibility index (Phi) is 48.0. The molecule has 0 aliphatic carbocycles. The van der Waals surface area contributed by atoms with Crippen molar-refractivity contribution in [2.75, 3.05) is 13.2 Å². The fourth-order valence-corrected chi connectivity index (χ4v) is 6.72. The molecule has 1 atom stereocenters. The third-order valence-electron chi connectivity index (χ3n) is 10.6. The summed E-state index contributed by atoms with van der Waals surface area (Å²) >= 11 is 0. The van der Waals surface area contributed by atoms with Gasteiger partial charge in [0.05, 0.1) is 6.42 Å². The van der Waals surface area contributed by atoms with Gasteiger partial charge in [-0.1, -0.05) is 201 Å². The van der Waals surface area contributed by atoms with E-state index in [0.717, 1.165) is 103 Å². The van der Waals surface area contributed by atoms with Crippen molar-refractivity contribution in [1.82, 2.24) is 0 Å². The fraction of sp³-hybridized carbons (Fsp3) is 0.667. The van der Waals surface area contributed by atoms with E-state index in [1.807, 2.05) is 6.08 Å². The summed E-state index contributed by atoms with van der Waals surface area (Å²) in [7, 11) is 0. The molecule has 0 aromatic heterocycles. The van der Waals surface area contributed by atoms with Gasteiger partial charge in [0.2, 0.25) is 0 Å². The van der Waals surface area contributed by atoms with Gasteiger partial charge in [0.15, 0.2) is 6.10 Å². The number of hydrogen-bond donors (Lipinski definition) is 0. The Morgan fingerprint density at radius 2 is 0.667 bits per heavy atom. The first-order chi connectivity index (χ1) is 31.0. The molecule has 0 radical (unpaired) electrons. The maximum Gasteiger partial charge on any atom is 0.310 e. The van der Waals surface area contributed by atoms with Crippen molar-refractivity contribution < 1.29 is 28.6 Å². The Morgan fingerprint density at radius 1 is 0.349 bits per heavy atom. The monoisotopic (exact) mass is 875 g/mol. The Labute approximate surface area is 387 Å². The number of carbonyl (C=O) groups is 3. The molecule has 358 valence electrons. The Morgan fingerprint density at radius 3 is 1.08 bits per heavy atom. The molecule has 0 spiro atoms. The van der Waals surface area contributed by atoms with Crippen LogP contribution in [0.3, 0.4) is 0 Å². The highest BCUT2D eigenvalue weighted by atomic mass is 16.6. The first kappa shape index (κ1) is 59.3. The van der Waals surface area contributed by atoms with Gasteiger partial charge in [0, 0.05) is 12.8 Å². The normalized spacial score (nSPS) is 12.9. The third-order valence-corrected chi connectivity index (χ3v) is 10.6. The van der Waals surface area contributed by atoms with Crippen molar-refractivity contribution in [3.8, 4) is 0 Å². The van der Waals surface area contributed by atoms with E-state index >= 15 is 0 Å². The van der Waals surface area contributed by atoms with E-state index in [0.29, 0.717) is 19.3 Å². The molecule has 0 aromatic rings. The summed E-state index contributed by atoms with van der Waals surface area (Å²) in [6.45, 7) is 6.38. The van der Waals surface area contributed by atoms with Crippen molar-refractivity contribution in [1.29, 1.82) is 0 Å². The molecule has 6 nitrogen and oxygen atoms in total. The lowest BCUT2D eigenvalue weighted by Crippen LogP contribution is -2.30. The quantitative estimate of drug-likeness (QED) is 0.0262. The predicted octanol–water partition coefficient (Wildman–Crippen LogP) is 17.0. The van der Waals surface area contributed by atoms with Crippen molar-refractivity contribution in [3.63, 3.8) is 0 Å². The van der Waals surface area contributed by atoms with Crippen LogP contribution in [-0.2, 0) is 28.6 Å². The number of allylic oxidation sites excluding steroid dienone is 15. The molecule has 0 aromatic carbocycles. The Balaban J connectivity index is 4.55. The van der Waals surface area contributed by atoms with Gasteiger partial charge in [0.1, 0.15) is 13.2 Å². The van der Waals surface area contributed by atoms with E-state index < -0.39 is 12.1 Å². The number of rotatable bonds is 45. The number of unbranched alkanes of at least 4 members (excludes halogenated alkanes) is 19. The largest absolute Gasteiger partial charge is 0.462 e. The molecule has 1 unspecified atom stereocenters. The van der Waals surface area contributed by atoms with Crippen molar-refractivity contribution in [2.45, 2.75) is 232 Å². The number of hydrogen-bond acceptors (Lipinski definition) is 6. The van der Waals surface area contributed by atoms with Gasteiger partial charge < -0.3 is 14.2 Å². The summed E-state index contributed by atoms with van der Waals surface area (Å²) in [4.78, 5) is 37.9. The van der Waals surface area contributed by atoms with E-state index in [-0.39, 0.29) is 31.6 Å². The van der Waals surface area contributed by atoms with Gasteiger partial charge in [-0.25, -0.2) is 0 Å². The smallest absolute Gasteiger partial charge is 0.310 e. The first-order valence-electron chi connectivity index (χ1n) is 25.7. The summed E-state index contributed by atoms with van der Waals surface area (Å²) in [5.74, 6) is -1.08. The molecular weight excluding hydrogens is 781 g/mol. The Bertz CT molecular complexity index is 1280. The van der Waals surface area contributed by atoms with Gasteiger partial charge in [-0.15, -0.1) is 0 Å². The van der Waals surface area contributed by atoms with Gasteiger partial charge in [-0.2, -0.15) is 0 Å². The molecule has 0 amide bonds. The van der Waals surface area contributed by atoms with Gasteiger partial charge in [0.25, 0.3) is 0 Å². The molecular formula is C57H94O6. The summed E-state index contributed by atoms with van der Waals surface area (Å²) in [5.41, 5.74) is 0. The van der Waals surface area contributed by atoms with Crippen LogP contribution in [0.25, 0.3) is 0 Å². The molecule has 0 rings (SSSR count). The summed E-state index contributed by atoms with van der Waals surface area (Å²) in [6, 6.07) is 0. The van der Waals surface area contributed by atoms with E-state index in [2.05, 4.69) is 106 Å². The standard InChI is InChI=1S/C57H94O6/c1-4-7-10-13-16-19-22-25-28-30-32-35-38-41-44-47-50-56(59)62-53-54(52-61-55(58)49-46-43-40-37-34-31-27-24-21-18-15-12-9-6-3)63-57(60)51-48-45-42-39-36-33-29-26-23-20-17-14-11-8-5-2/h8,11,17,19-20,22,24,26-30,36,39,45,48,54H,4-7,9-10,12-16,18,21,23,25,31-35,37-38,40-44,46-47,49-53H2,1-3H3/b11-8-,20-17-,22-19-,27-24-,29-26-,30-28-,39-36-,48-45-. The molecule has 0 saturated carbocycles. The molecule has 0 aliphatic heterocycles. The zero-order valence-electron chi connectivity index (χ0n) is 40.8. The number of esters is 3. The fourth-order valence-electron chi connectivity index (χ4n) is 6.72. The van der Waals surface area contributed by atoms with Crippen LogP contribution < -0.4 is 0 Å². The highest BCUT2D eigenvalue weighted by Gasteiger charge is 2.19. The minimum Gasteiger partial charge on any atom is -0.462 e. The van der Waals surface area contributed by atoms with E-state index in [1.54, 1.807) is 6.08 Å². The SMILES string of the molecule is CC/C=C\C/C=C\C/C=C\C/C=C\C/C=C\CC(=O)OC(COC(=O)CCCCCCC/C=C\C/C=C\CCCCCC)COC(=O)CCCCCCC/C=C\CCCCCCC. The highest BCUT2D eigenvalue weighted by Crippen LogP contribution is 2.12. The number of ether oxygens (including phenoxy) is 3. The van der Waals surface area contributed by atoms with Crippen LogP contribution in [0.5, 0.6) is 0 Å². The lowest BCUT2D eigenvalue weighted by Gasteiger charge is -2.18. The lowest BCUT2D eigenvalue weighted by molar-refractivity contribution is -0.166. The Hall–Kier alpha value is -3.67. The topological polar surface area (TPSA) is 78.9 Å². The first-order valence-corrected chi connectivity index (χ1v) is 25.7. The average molecular weight is 875 g/mol. The van der Waals surface area contributed by atoms with E-state index in [1.165, 1.54) is 77.0 Å². The van der Waals surface area contributed by atoms with Crippen molar-refractivity contribution in [3.05, 3.63) is 97.2 Å². The summed E-state index contributed by atoms with van der Waals surface area (Å²) < 4.78 is 16.7. The molecule has 0 bridgehead atoms. The van der Waals surface area contributed by atoms with Crippen molar-refractivity contribution >= 4 is 17.9 Å². The highest BCUT2D eigenvalue weighted by molar-refractivity contribution is 5.72. The minimum absolute atomic E-state index is 0.0901. The lowest BCUT2D eigenvalue weighted by atomic mass is 10.1. The second-order valence-electron chi connectivity index (χ2n) is 16.7. The maximum absolute atomic E-state index is 12.7. The molecule has 0 N–H and O–H groups in total. The van der Waals surface area contributed by atoms with Gasteiger partial charge in [-0.05, 0) is 103 Å². The third kappa shape index (κ3) is 49.2. The second kappa shape index (κ2) is 51.0. The van der Waals surface area contributed by atoms with Crippen LogP contribution in [-0.4, -0.2) is 37.2 Å². The zero-order chi connectivity index (χ0) is 45.8. The molecule has 0 heterocycles. The van der Waals surface area contributed by atoms with Crippen LogP contribution in [0.4, 0.5) is 0 Å². The zero-order valence-corrected chi connectivity index (χ0v) is 40.8. The second-order valence-corrected chi connectivity index (χ2v) is 16.7. The molecule has 0 fully saturated rings. The molecule has 63 heavy (non-hydrogen) atoms. The summed E-state index contributed by atoms with van der Waals surface area (Å²) in [6.07, 6.45) is 67.0. The average Bonchev–Trinajstić information content (AvgIpc) is 3.28. The van der Waals surface area contributed by atoms with Crippen molar-refractivity contribution in [2.24, 2.45) is 0 Å². The predicted molar refractivity (Wildman–Crippen MR) is 270 cm³/mol. The van der Waals surface area contributed by atoms with Crippen LogP contribution in [0.15, 0.2) is 97.2 Å². The van der Waals surface area contributed by atoms with Crippen LogP contribution in [0.2, 0.25) is 0 Å².